The van der Waals surface area contributed by atoms with E-state index >= 15 is 0 Å². The van der Waals surface area contributed by atoms with E-state index in [0.29, 0.717) is 5.82 Å². The molecule has 2 heterocycles. The quantitative estimate of drug-likeness (QED) is 0.511. The Hall–Kier alpha value is -3.66. The van der Waals surface area contributed by atoms with Crippen molar-refractivity contribution in [3.8, 4) is 16.9 Å². The fourth-order valence-corrected chi connectivity index (χ4v) is 4.24. The van der Waals surface area contributed by atoms with Crippen LogP contribution in [0.2, 0.25) is 0 Å². The molecule has 0 unspecified atom stereocenters. The van der Waals surface area contributed by atoms with E-state index in [2.05, 4.69) is 40.2 Å². The number of aromatic hydroxyl groups is 1. The van der Waals surface area contributed by atoms with Gasteiger partial charge in [0.25, 0.3) is 5.91 Å². The third kappa shape index (κ3) is 6.51. The van der Waals surface area contributed by atoms with Crippen LogP contribution in [0.5, 0.6) is 5.75 Å². The van der Waals surface area contributed by atoms with Crippen molar-refractivity contribution in [3.63, 3.8) is 0 Å². The molecule has 0 bridgehead atoms. The van der Waals surface area contributed by atoms with Crippen molar-refractivity contribution in [3.05, 3.63) is 71.4 Å². The lowest BCUT2D eigenvalue weighted by Crippen LogP contribution is -2.46. The standard InChI is InChI=1S/C26H28F3N5O2/c1-2-18-14-20(19-4-3-5-22(35)15-19)6-7-21(18)16-33-10-12-34(13-11-33)24-9-8-23(31-32-24)25(36)30-17-26(27,28)29/h3-9,14-15,35H,2,10-13,16-17H2,1H3,(H,30,36). The van der Waals surface area contributed by atoms with Gasteiger partial charge in [-0.2, -0.15) is 13.2 Å². The summed E-state index contributed by atoms with van der Waals surface area (Å²) in [5.41, 5.74) is 4.44. The highest BCUT2D eigenvalue weighted by molar-refractivity contribution is 5.92. The maximum atomic E-state index is 12.3. The monoisotopic (exact) mass is 499 g/mol. The number of aryl methyl sites for hydroxylation is 1. The molecule has 10 heteroatoms. The molecule has 0 aliphatic carbocycles. The topological polar surface area (TPSA) is 81.6 Å². The number of piperazine rings is 1. The molecule has 1 fully saturated rings. The van der Waals surface area contributed by atoms with E-state index in [9.17, 15) is 23.1 Å². The third-order valence-corrected chi connectivity index (χ3v) is 6.19. The SMILES string of the molecule is CCc1cc(-c2cccc(O)c2)ccc1CN1CCN(c2ccc(C(=O)NCC(F)(F)F)nn2)CC1. The summed E-state index contributed by atoms with van der Waals surface area (Å²) in [6.45, 7) is 4.61. The second kappa shape index (κ2) is 10.9. The van der Waals surface area contributed by atoms with Gasteiger partial charge in [-0.1, -0.05) is 37.3 Å². The number of carbonyl (C=O) groups is 1. The largest absolute Gasteiger partial charge is 0.508 e. The van der Waals surface area contributed by atoms with Crippen LogP contribution in [0.1, 0.15) is 28.5 Å². The Morgan fingerprint density at radius 3 is 2.36 bits per heavy atom. The van der Waals surface area contributed by atoms with Gasteiger partial charge < -0.3 is 15.3 Å². The molecule has 2 N–H and O–H groups in total. The van der Waals surface area contributed by atoms with Gasteiger partial charge in [-0.25, -0.2) is 0 Å². The minimum atomic E-state index is -4.48. The summed E-state index contributed by atoms with van der Waals surface area (Å²) in [6, 6.07) is 16.7. The number of nitrogens with zero attached hydrogens (tertiary/aromatic N) is 4. The minimum absolute atomic E-state index is 0.150. The van der Waals surface area contributed by atoms with Crippen molar-refractivity contribution >= 4 is 11.7 Å². The van der Waals surface area contributed by atoms with E-state index in [1.807, 2.05) is 17.0 Å². The van der Waals surface area contributed by atoms with Crippen molar-refractivity contribution < 1.29 is 23.1 Å². The van der Waals surface area contributed by atoms with Gasteiger partial charge in [0, 0.05) is 32.7 Å². The maximum absolute atomic E-state index is 12.3. The number of carbonyl (C=O) groups excluding carboxylic acids is 1. The smallest absolute Gasteiger partial charge is 0.405 e. The molecule has 1 saturated heterocycles. The Labute approximate surface area is 207 Å². The highest BCUT2D eigenvalue weighted by atomic mass is 19.4. The summed E-state index contributed by atoms with van der Waals surface area (Å²) in [4.78, 5) is 16.2. The van der Waals surface area contributed by atoms with Gasteiger partial charge in [0.1, 0.15) is 12.3 Å². The molecule has 0 spiro atoms. The number of aromatic nitrogens is 2. The first kappa shape index (κ1) is 25.4. The van der Waals surface area contributed by atoms with Gasteiger partial charge in [-0.05, 0) is 52.9 Å². The van der Waals surface area contributed by atoms with Crippen LogP contribution in [0.4, 0.5) is 19.0 Å². The van der Waals surface area contributed by atoms with Crippen molar-refractivity contribution in [2.75, 3.05) is 37.6 Å². The number of rotatable bonds is 7. The zero-order chi connectivity index (χ0) is 25.7. The van der Waals surface area contributed by atoms with Crippen LogP contribution >= 0.6 is 0 Å². The lowest BCUT2D eigenvalue weighted by Gasteiger charge is -2.35. The predicted octanol–water partition coefficient (Wildman–Crippen LogP) is 4.03. The molecule has 0 saturated carbocycles. The number of anilines is 1. The summed E-state index contributed by atoms with van der Waals surface area (Å²) >= 11 is 0. The summed E-state index contributed by atoms with van der Waals surface area (Å²) in [5, 5.41) is 19.4. The molecule has 0 radical (unpaired) electrons. The van der Waals surface area contributed by atoms with Crippen LogP contribution in [-0.4, -0.2) is 65.0 Å². The van der Waals surface area contributed by atoms with Gasteiger partial charge >= 0.3 is 6.18 Å². The zero-order valence-electron chi connectivity index (χ0n) is 19.9. The average Bonchev–Trinajstić information content (AvgIpc) is 2.87. The molecule has 1 aromatic heterocycles. The molecule has 1 aliphatic rings. The second-order valence-corrected chi connectivity index (χ2v) is 8.73. The Morgan fingerprint density at radius 2 is 1.72 bits per heavy atom. The number of benzene rings is 2. The second-order valence-electron chi connectivity index (χ2n) is 8.73. The normalized spacial score (nSPS) is 14.6. The van der Waals surface area contributed by atoms with Crippen molar-refractivity contribution in [1.29, 1.82) is 0 Å². The van der Waals surface area contributed by atoms with E-state index in [1.54, 1.807) is 23.5 Å². The Balaban J connectivity index is 1.33. The Morgan fingerprint density at radius 1 is 0.972 bits per heavy atom. The molecular weight excluding hydrogens is 471 g/mol. The molecule has 3 aromatic rings. The summed E-state index contributed by atoms with van der Waals surface area (Å²) in [7, 11) is 0. The first-order valence-corrected chi connectivity index (χ1v) is 11.8. The number of nitrogens with one attached hydrogen (secondary N) is 1. The fourth-order valence-electron chi connectivity index (χ4n) is 4.24. The maximum Gasteiger partial charge on any atom is 0.405 e. The van der Waals surface area contributed by atoms with Gasteiger partial charge in [-0.15, -0.1) is 10.2 Å². The average molecular weight is 500 g/mol. The van der Waals surface area contributed by atoms with Crippen LogP contribution < -0.4 is 10.2 Å². The zero-order valence-corrected chi connectivity index (χ0v) is 19.9. The molecular formula is C26H28F3N5O2. The molecule has 36 heavy (non-hydrogen) atoms. The predicted molar refractivity (Wildman–Crippen MR) is 131 cm³/mol. The van der Waals surface area contributed by atoms with E-state index in [1.165, 1.54) is 17.2 Å². The van der Waals surface area contributed by atoms with Gasteiger partial charge in [0.2, 0.25) is 0 Å². The van der Waals surface area contributed by atoms with Crippen LogP contribution in [0, 0.1) is 0 Å². The van der Waals surface area contributed by atoms with E-state index in [4.69, 9.17) is 0 Å². The number of phenols is 1. The number of hydrogen-bond acceptors (Lipinski definition) is 6. The molecule has 7 nitrogen and oxygen atoms in total. The molecule has 1 aliphatic heterocycles. The van der Waals surface area contributed by atoms with Crippen molar-refractivity contribution in [2.24, 2.45) is 0 Å². The highest BCUT2D eigenvalue weighted by Crippen LogP contribution is 2.27. The minimum Gasteiger partial charge on any atom is -0.508 e. The number of alkyl halides is 3. The van der Waals surface area contributed by atoms with E-state index < -0.39 is 18.6 Å². The summed E-state index contributed by atoms with van der Waals surface area (Å²) in [6.07, 6.45) is -3.57. The number of phenolic OH excluding ortho intramolecular Hbond substituents is 1. The fraction of sp³-hybridized carbons (Fsp3) is 0.346. The van der Waals surface area contributed by atoms with Crippen LogP contribution in [0.25, 0.3) is 11.1 Å². The molecule has 4 rings (SSSR count). The van der Waals surface area contributed by atoms with E-state index in [-0.39, 0.29) is 11.4 Å². The number of amides is 1. The first-order chi connectivity index (χ1) is 17.2. The molecule has 1 amide bonds. The summed E-state index contributed by atoms with van der Waals surface area (Å²) < 4.78 is 36.8. The van der Waals surface area contributed by atoms with Crippen molar-refractivity contribution in [2.45, 2.75) is 26.1 Å². The van der Waals surface area contributed by atoms with E-state index in [0.717, 1.165) is 50.3 Å². The molecule has 0 atom stereocenters. The molecule has 2 aromatic carbocycles. The van der Waals surface area contributed by atoms with Gasteiger partial charge in [0.05, 0.1) is 0 Å². The highest BCUT2D eigenvalue weighted by Gasteiger charge is 2.28. The lowest BCUT2D eigenvalue weighted by atomic mass is 9.97. The Bertz CT molecular complexity index is 1190. The van der Waals surface area contributed by atoms with Crippen LogP contribution in [0.15, 0.2) is 54.6 Å². The number of hydrogen-bond donors (Lipinski definition) is 2. The van der Waals surface area contributed by atoms with Gasteiger partial charge in [0.15, 0.2) is 11.5 Å². The van der Waals surface area contributed by atoms with Crippen LogP contribution in [-0.2, 0) is 13.0 Å². The lowest BCUT2D eigenvalue weighted by molar-refractivity contribution is -0.123. The third-order valence-electron chi connectivity index (χ3n) is 6.19. The van der Waals surface area contributed by atoms with Gasteiger partial charge in [-0.3, -0.25) is 9.69 Å². The van der Waals surface area contributed by atoms with Crippen LogP contribution in [0.3, 0.4) is 0 Å². The van der Waals surface area contributed by atoms with Crippen molar-refractivity contribution in [1.82, 2.24) is 20.4 Å². The first-order valence-electron chi connectivity index (χ1n) is 11.8. The summed E-state index contributed by atoms with van der Waals surface area (Å²) in [5.74, 6) is -0.0683. The molecule has 190 valence electrons. The number of halogens is 3. The Kier molecular flexibility index (Phi) is 7.73.